The molecule has 0 aliphatic rings. The normalized spacial score (nSPS) is 12.4. The molecule has 4 heteroatoms. The van der Waals surface area contributed by atoms with Gasteiger partial charge in [-0.3, -0.25) is 10.1 Å². The molecule has 0 aromatic carbocycles. The van der Waals surface area contributed by atoms with Crippen LogP contribution in [0.15, 0.2) is 17.5 Å². The molecule has 0 saturated carbocycles. The molecule has 1 aromatic heterocycles. The van der Waals surface area contributed by atoms with Crippen molar-refractivity contribution in [3.05, 3.63) is 22.4 Å². The van der Waals surface area contributed by atoms with E-state index in [1.54, 1.807) is 11.3 Å². The first-order valence-electron chi connectivity index (χ1n) is 5.11. The fraction of sp³-hybridized carbons (Fsp3) is 0.545. The first-order valence-corrected chi connectivity index (χ1v) is 5.99. The zero-order valence-electron chi connectivity index (χ0n) is 9.16. The Morgan fingerprint density at radius 2 is 2.47 bits per heavy atom. The van der Waals surface area contributed by atoms with Crippen molar-refractivity contribution < 1.29 is 9.53 Å². The van der Waals surface area contributed by atoms with Gasteiger partial charge in [0.1, 0.15) is 6.04 Å². The van der Waals surface area contributed by atoms with Crippen LogP contribution in [0, 0.1) is 0 Å². The van der Waals surface area contributed by atoms with Crippen LogP contribution in [0.5, 0.6) is 0 Å². The monoisotopic (exact) mass is 227 g/mol. The molecule has 84 valence electrons. The van der Waals surface area contributed by atoms with Crippen molar-refractivity contribution in [3.8, 4) is 0 Å². The number of esters is 1. The van der Waals surface area contributed by atoms with Crippen LogP contribution in [0.25, 0.3) is 0 Å². The van der Waals surface area contributed by atoms with Gasteiger partial charge in [0.15, 0.2) is 0 Å². The molecular weight excluding hydrogens is 210 g/mol. The maximum atomic E-state index is 11.4. The minimum Gasteiger partial charge on any atom is -0.468 e. The third-order valence-electron chi connectivity index (χ3n) is 2.17. The molecule has 15 heavy (non-hydrogen) atoms. The van der Waals surface area contributed by atoms with Crippen molar-refractivity contribution in [2.24, 2.45) is 0 Å². The molecule has 0 saturated heterocycles. The van der Waals surface area contributed by atoms with Gasteiger partial charge in [-0.05, 0) is 17.9 Å². The van der Waals surface area contributed by atoms with E-state index >= 15 is 0 Å². The Balaban J connectivity index is 2.41. The molecule has 0 spiro atoms. The van der Waals surface area contributed by atoms with E-state index in [1.807, 2.05) is 11.4 Å². The topological polar surface area (TPSA) is 38.3 Å². The zero-order chi connectivity index (χ0) is 11.1. The molecule has 1 rings (SSSR count). The van der Waals surface area contributed by atoms with Crippen LogP contribution in [0.3, 0.4) is 0 Å². The Morgan fingerprint density at radius 3 is 3.00 bits per heavy atom. The first kappa shape index (κ1) is 12.2. The predicted molar refractivity (Wildman–Crippen MR) is 61.9 cm³/mol. The van der Waals surface area contributed by atoms with Gasteiger partial charge in [0.2, 0.25) is 0 Å². The molecule has 1 N–H and O–H groups in total. The highest BCUT2D eigenvalue weighted by atomic mass is 32.1. The number of hydrogen-bond donors (Lipinski definition) is 1. The Bertz CT molecular complexity index is 285. The van der Waals surface area contributed by atoms with Gasteiger partial charge >= 0.3 is 5.97 Å². The Hall–Kier alpha value is -0.870. The van der Waals surface area contributed by atoms with E-state index in [0.717, 1.165) is 19.4 Å². The van der Waals surface area contributed by atoms with Crippen LogP contribution < -0.4 is 5.32 Å². The highest BCUT2D eigenvalue weighted by molar-refractivity contribution is 7.09. The summed E-state index contributed by atoms with van der Waals surface area (Å²) < 4.78 is 4.74. The van der Waals surface area contributed by atoms with Crippen LogP contribution in [0.1, 0.15) is 24.6 Å². The Kier molecular flexibility index (Phi) is 5.36. The van der Waals surface area contributed by atoms with E-state index < -0.39 is 0 Å². The lowest BCUT2D eigenvalue weighted by Crippen LogP contribution is -2.36. The standard InChI is InChI=1S/C11H17NO2S/c1-3-5-10(11(13)14-2)12-8-9-6-4-7-15-9/h4,6-7,10,12H,3,5,8H2,1-2H3. The molecule has 1 unspecified atom stereocenters. The molecule has 1 heterocycles. The van der Waals surface area contributed by atoms with Crippen molar-refractivity contribution >= 4 is 17.3 Å². The number of carbonyl (C=O) groups is 1. The summed E-state index contributed by atoms with van der Waals surface area (Å²) in [4.78, 5) is 12.6. The van der Waals surface area contributed by atoms with Gasteiger partial charge in [0, 0.05) is 11.4 Å². The van der Waals surface area contributed by atoms with Gasteiger partial charge in [-0.2, -0.15) is 0 Å². The van der Waals surface area contributed by atoms with E-state index in [0.29, 0.717) is 0 Å². The van der Waals surface area contributed by atoms with Crippen molar-refractivity contribution in [1.29, 1.82) is 0 Å². The average molecular weight is 227 g/mol. The van der Waals surface area contributed by atoms with Gasteiger partial charge in [-0.1, -0.05) is 19.4 Å². The average Bonchev–Trinajstić information content (AvgIpc) is 2.76. The summed E-state index contributed by atoms with van der Waals surface area (Å²) in [6.07, 6.45) is 1.79. The largest absolute Gasteiger partial charge is 0.468 e. The summed E-state index contributed by atoms with van der Waals surface area (Å²) >= 11 is 1.69. The minimum atomic E-state index is -0.179. The molecule has 1 aromatic rings. The fourth-order valence-electron chi connectivity index (χ4n) is 1.37. The second-order valence-corrected chi connectivity index (χ2v) is 4.36. The molecule has 0 aliphatic carbocycles. The molecule has 3 nitrogen and oxygen atoms in total. The molecule has 0 aliphatic heterocycles. The smallest absolute Gasteiger partial charge is 0.322 e. The third-order valence-corrected chi connectivity index (χ3v) is 3.04. The lowest BCUT2D eigenvalue weighted by molar-refractivity contribution is -0.143. The minimum absolute atomic E-state index is 0.173. The highest BCUT2D eigenvalue weighted by Gasteiger charge is 2.16. The van der Waals surface area contributed by atoms with Gasteiger partial charge in [0.05, 0.1) is 7.11 Å². The van der Waals surface area contributed by atoms with E-state index in [1.165, 1.54) is 12.0 Å². The number of hydrogen-bond acceptors (Lipinski definition) is 4. The number of carbonyl (C=O) groups excluding carboxylic acids is 1. The lowest BCUT2D eigenvalue weighted by atomic mass is 10.1. The van der Waals surface area contributed by atoms with Crippen LogP contribution in [0.4, 0.5) is 0 Å². The second kappa shape index (κ2) is 6.58. The van der Waals surface area contributed by atoms with Crippen LogP contribution in [0.2, 0.25) is 0 Å². The summed E-state index contributed by atoms with van der Waals surface area (Å²) in [5.41, 5.74) is 0. The van der Waals surface area contributed by atoms with Crippen molar-refractivity contribution in [2.45, 2.75) is 32.4 Å². The third kappa shape index (κ3) is 4.01. The summed E-state index contributed by atoms with van der Waals surface area (Å²) in [5, 5.41) is 5.24. The zero-order valence-corrected chi connectivity index (χ0v) is 9.97. The molecule has 0 radical (unpaired) electrons. The van der Waals surface area contributed by atoms with Crippen LogP contribution in [-0.2, 0) is 16.1 Å². The van der Waals surface area contributed by atoms with E-state index in [9.17, 15) is 4.79 Å². The maximum absolute atomic E-state index is 11.4. The summed E-state index contributed by atoms with van der Waals surface area (Å²) in [5.74, 6) is -0.173. The number of nitrogens with one attached hydrogen (secondary N) is 1. The first-order chi connectivity index (χ1) is 7.27. The highest BCUT2D eigenvalue weighted by Crippen LogP contribution is 2.09. The van der Waals surface area contributed by atoms with Crippen LogP contribution in [-0.4, -0.2) is 19.1 Å². The fourth-order valence-corrected chi connectivity index (χ4v) is 2.03. The molecular formula is C11H17NO2S. The quantitative estimate of drug-likeness (QED) is 0.757. The Labute approximate surface area is 94.5 Å². The van der Waals surface area contributed by atoms with Crippen molar-refractivity contribution in [1.82, 2.24) is 5.32 Å². The summed E-state index contributed by atoms with van der Waals surface area (Å²) in [6.45, 7) is 2.79. The second-order valence-electron chi connectivity index (χ2n) is 3.32. The van der Waals surface area contributed by atoms with Gasteiger partial charge in [-0.15, -0.1) is 11.3 Å². The van der Waals surface area contributed by atoms with Crippen LogP contribution >= 0.6 is 11.3 Å². The molecule has 1 atom stereocenters. The molecule has 0 amide bonds. The van der Waals surface area contributed by atoms with E-state index in [4.69, 9.17) is 4.74 Å². The number of rotatable bonds is 6. The molecule has 0 bridgehead atoms. The predicted octanol–water partition coefficient (Wildman–Crippen LogP) is 2.18. The van der Waals surface area contributed by atoms with E-state index in [2.05, 4.69) is 18.3 Å². The number of thiophene rings is 1. The van der Waals surface area contributed by atoms with E-state index in [-0.39, 0.29) is 12.0 Å². The van der Waals surface area contributed by atoms with Gasteiger partial charge in [0.25, 0.3) is 0 Å². The summed E-state index contributed by atoms with van der Waals surface area (Å²) in [7, 11) is 1.43. The maximum Gasteiger partial charge on any atom is 0.322 e. The van der Waals surface area contributed by atoms with Crippen molar-refractivity contribution in [2.75, 3.05) is 7.11 Å². The number of ether oxygens (including phenoxy) is 1. The van der Waals surface area contributed by atoms with Crippen molar-refractivity contribution in [3.63, 3.8) is 0 Å². The molecule has 0 fully saturated rings. The summed E-state index contributed by atoms with van der Waals surface area (Å²) in [6, 6.07) is 3.88. The Morgan fingerprint density at radius 1 is 1.67 bits per heavy atom. The lowest BCUT2D eigenvalue weighted by Gasteiger charge is -2.14. The van der Waals surface area contributed by atoms with Gasteiger partial charge < -0.3 is 4.74 Å². The number of methoxy groups -OCH3 is 1. The van der Waals surface area contributed by atoms with Gasteiger partial charge in [-0.25, -0.2) is 0 Å². The SMILES string of the molecule is CCCC(NCc1cccs1)C(=O)OC.